The first-order chi connectivity index (χ1) is 14.1. The molecule has 4 rings (SSSR count). The van der Waals surface area contributed by atoms with Gasteiger partial charge in [0, 0.05) is 10.6 Å². The first-order valence-corrected chi connectivity index (χ1v) is 9.62. The van der Waals surface area contributed by atoms with Gasteiger partial charge < -0.3 is 4.74 Å². The number of benzene rings is 3. The molecule has 3 aromatic rings. The molecule has 144 valence electrons. The minimum atomic E-state index is -0.238. The Morgan fingerprint density at radius 3 is 2.28 bits per heavy atom. The molecule has 0 saturated carbocycles. The molecule has 1 heterocycles. The third-order valence-corrected chi connectivity index (χ3v) is 5.06. The molecule has 0 spiro atoms. The average Bonchev–Trinajstić information content (AvgIpc) is 3.05. The van der Waals surface area contributed by atoms with Crippen molar-refractivity contribution in [3.05, 3.63) is 99.7 Å². The number of rotatable bonds is 4. The van der Waals surface area contributed by atoms with Crippen molar-refractivity contribution in [1.29, 1.82) is 0 Å². The first kappa shape index (κ1) is 19.2. The first-order valence-electron chi connectivity index (χ1n) is 8.86. The van der Waals surface area contributed by atoms with Gasteiger partial charge in [-0.3, -0.25) is 9.69 Å². The molecule has 1 amide bonds. The number of methoxy groups -OCH3 is 1. The number of hydrogen-bond donors (Lipinski definition) is 0. The van der Waals surface area contributed by atoms with E-state index in [-0.39, 0.29) is 5.91 Å². The molecule has 1 aliphatic rings. The molecule has 0 radical (unpaired) electrons. The van der Waals surface area contributed by atoms with Gasteiger partial charge in [0.05, 0.1) is 17.8 Å². The van der Waals surface area contributed by atoms with E-state index in [1.54, 1.807) is 48.4 Å². The number of halogens is 2. The van der Waals surface area contributed by atoms with E-state index in [1.807, 2.05) is 42.5 Å². The lowest BCUT2D eigenvalue weighted by Crippen LogP contribution is -2.32. The van der Waals surface area contributed by atoms with E-state index >= 15 is 0 Å². The highest BCUT2D eigenvalue weighted by Gasteiger charge is 2.33. The number of hydrogen-bond acceptors (Lipinski definition) is 3. The topological polar surface area (TPSA) is 41.9 Å². The lowest BCUT2D eigenvalue weighted by atomic mass is 10.1. The van der Waals surface area contributed by atoms with Crippen LogP contribution in [0, 0.1) is 0 Å². The van der Waals surface area contributed by atoms with Crippen molar-refractivity contribution < 1.29 is 9.53 Å². The van der Waals surface area contributed by atoms with Crippen molar-refractivity contribution in [2.45, 2.75) is 0 Å². The lowest BCUT2D eigenvalue weighted by Gasteiger charge is -2.19. The maximum Gasteiger partial charge on any atom is 0.282 e. The Hall–Kier alpha value is -3.08. The summed E-state index contributed by atoms with van der Waals surface area (Å²) < 4.78 is 5.18. The lowest BCUT2D eigenvalue weighted by molar-refractivity contribution is -0.113. The highest BCUT2D eigenvalue weighted by atomic mass is 35.5. The van der Waals surface area contributed by atoms with E-state index in [1.165, 1.54) is 0 Å². The van der Waals surface area contributed by atoms with Gasteiger partial charge in [0.25, 0.3) is 5.91 Å². The minimum absolute atomic E-state index is 0.238. The summed E-state index contributed by atoms with van der Waals surface area (Å²) >= 11 is 12.4. The fourth-order valence-corrected chi connectivity index (χ4v) is 3.37. The number of carbonyl (C=O) groups excluding carboxylic acids is 1. The van der Waals surface area contributed by atoms with Gasteiger partial charge in [-0.1, -0.05) is 47.5 Å². The van der Waals surface area contributed by atoms with E-state index in [9.17, 15) is 4.79 Å². The third-order valence-electron chi connectivity index (χ3n) is 4.48. The van der Waals surface area contributed by atoms with Crippen LogP contribution in [0.2, 0.25) is 10.0 Å². The molecule has 3 aromatic carbocycles. The number of ether oxygens (including phenoxy) is 1. The SMILES string of the molecule is COc1ccc(/C=C2/N=C(c3ccccc3Cl)N(c3ccc(Cl)cc3)C2=O)cc1. The highest BCUT2D eigenvalue weighted by Crippen LogP contribution is 2.31. The maximum atomic E-state index is 13.3. The van der Waals surface area contributed by atoms with Gasteiger partial charge in [-0.2, -0.15) is 0 Å². The normalized spacial score (nSPS) is 15.0. The molecule has 0 bridgehead atoms. The van der Waals surface area contributed by atoms with Crippen LogP contribution in [0.3, 0.4) is 0 Å². The molecule has 29 heavy (non-hydrogen) atoms. The zero-order valence-corrected chi connectivity index (χ0v) is 17.0. The quantitative estimate of drug-likeness (QED) is 0.495. The van der Waals surface area contributed by atoms with Crippen molar-refractivity contribution >= 4 is 46.7 Å². The van der Waals surface area contributed by atoms with Crippen LogP contribution < -0.4 is 9.64 Å². The van der Waals surface area contributed by atoms with Crippen LogP contribution in [0.1, 0.15) is 11.1 Å². The third kappa shape index (κ3) is 3.90. The van der Waals surface area contributed by atoms with E-state index in [0.717, 1.165) is 11.3 Å². The predicted octanol–water partition coefficient (Wildman–Crippen LogP) is 5.84. The highest BCUT2D eigenvalue weighted by molar-refractivity contribution is 6.39. The molecule has 1 aliphatic heterocycles. The summed E-state index contributed by atoms with van der Waals surface area (Å²) in [4.78, 5) is 19.4. The van der Waals surface area contributed by atoms with Gasteiger partial charge in [0.1, 0.15) is 17.3 Å². The largest absolute Gasteiger partial charge is 0.497 e. The van der Waals surface area contributed by atoms with E-state index in [0.29, 0.717) is 32.8 Å². The van der Waals surface area contributed by atoms with E-state index in [4.69, 9.17) is 27.9 Å². The molecule has 4 nitrogen and oxygen atoms in total. The molecule has 0 N–H and O–H groups in total. The number of carbonyl (C=O) groups is 1. The molecule has 0 aliphatic carbocycles. The molecule has 6 heteroatoms. The summed E-state index contributed by atoms with van der Waals surface area (Å²) in [6.07, 6.45) is 1.74. The fourth-order valence-electron chi connectivity index (χ4n) is 3.03. The zero-order chi connectivity index (χ0) is 20.4. The molecular formula is C23H16Cl2N2O2. The van der Waals surface area contributed by atoms with Gasteiger partial charge in [0.2, 0.25) is 0 Å². The Morgan fingerprint density at radius 2 is 1.62 bits per heavy atom. The molecule has 0 aromatic heterocycles. The number of amidine groups is 1. The minimum Gasteiger partial charge on any atom is -0.497 e. The van der Waals surface area contributed by atoms with Crippen LogP contribution in [0.4, 0.5) is 5.69 Å². The monoisotopic (exact) mass is 422 g/mol. The Morgan fingerprint density at radius 1 is 0.931 bits per heavy atom. The Kier molecular flexibility index (Phi) is 5.38. The second kappa shape index (κ2) is 8.11. The van der Waals surface area contributed by atoms with Crippen LogP contribution in [-0.2, 0) is 4.79 Å². The summed E-state index contributed by atoms with van der Waals surface area (Å²) in [5.74, 6) is 0.980. The van der Waals surface area contributed by atoms with Crippen LogP contribution in [0.15, 0.2) is 83.5 Å². The molecule has 0 fully saturated rings. The average molecular weight is 423 g/mol. The van der Waals surface area contributed by atoms with Gasteiger partial charge in [-0.05, 0) is 60.2 Å². The Balaban J connectivity index is 1.81. The second-order valence-electron chi connectivity index (χ2n) is 6.33. The molecule has 0 atom stereocenters. The zero-order valence-electron chi connectivity index (χ0n) is 15.5. The molecule has 0 unspecified atom stereocenters. The predicted molar refractivity (Wildman–Crippen MR) is 118 cm³/mol. The van der Waals surface area contributed by atoms with E-state index < -0.39 is 0 Å². The smallest absolute Gasteiger partial charge is 0.282 e. The van der Waals surface area contributed by atoms with Gasteiger partial charge in [-0.15, -0.1) is 0 Å². The van der Waals surface area contributed by atoms with Crippen molar-refractivity contribution in [2.24, 2.45) is 4.99 Å². The van der Waals surface area contributed by atoms with Crippen LogP contribution in [0.5, 0.6) is 5.75 Å². The maximum absolute atomic E-state index is 13.3. The molecular weight excluding hydrogens is 407 g/mol. The van der Waals surface area contributed by atoms with Gasteiger partial charge >= 0.3 is 0 Å². The van der Waals surface area contributed by atoms with Gasteiger partial charge in [0.15, 0.2) is 0 Å². The Bertz CT molecular complexity index is 1120. The van der Waals surface area contributed by atoms with Crippen molar-refractivity contribution in [3.8, 4) is 5.75 Å². The van der Waals surface area contributed by atoms with Crippen LogP contribution in [-0.4, -0.2) is 18.9 Å². The van der Waals surface area contributed by atoms with Crippen LogP contribution >= 0.6 is 23.2 Å². The van der Waals surface area contributed by atoms with Crippen molar-refractivity contribution in [1.82, 2.24) is 0 Å². The van der Waals surface area contributed by atoms with Crippen LogP contribution in [0.25, 0.3) is 6.08 Å². The number of amides is 1. The second-order valence-corrected chi connectivity index (χ2v) is 7.18. The Labute approximate surface area is 178 Å². The fraction of sp³-hybridized carbons (Fsp3) is 0.0435. The van der Waals surface area contributed by atoms with Crippen molar-refractivity contribution in [2.75, 3.05) is 12.0 Å². The number of anilines is 1. The number of nitrogens with zero attached hydrogens (tertiary/aromatic N) is 2. The molecule has 0 saturated heterocycles. The summed E-state index contributed by atoms with van der Waals surface area (Å²) in [5.41, 5.74) is 2.50. The summed E-state index contributed by atoms with van der Waals surface area (Å²) in [7, 11) is 1.61. The van der Waals surface area contributed by atoms with E-state index in [2.05, 4.69) is 4.99 Å². The summed E-state index contributed by atoms with van der Waals surface area (Å²) in [5, 5.41) is 1.11. The van der Waals surface area contributed by atoms with Gasteiger partial charge in [-0.25, -0.2) is 4.99 Å². The van der Waals surface area contributed by atoms with Crippen molar-refractivity contribution in [3.63, 3.8) is 0 Å². The summed E-state index contributed by atoms with van der Waals surface area (Å²) in [6, 6.07) is 21.8. The summed E-state index contributed by atoms with van der Waals surface area (Å²) in [6.45, 7) is 0. The number of aliphatic imine (C=N–C) groups is 1. The standard InChI is InChI=1S/C23H16Cl2N2O2/c1-29-18-12-6-15(7-13-18)14-21-23(28)27(17-10-8-16(24)9-11-17)22(26-21)19-4-2-3-5-20(19)25/h2-14H,1H3/b21-14+.